The Morgan fingerprint density at radius 3 is 2.59 bits per heavy atom. The number of amides is 1. The molecule has 39 heavy (non-hydrogen) atoms. The van der Waals surface area contributed by atoms with E-state index < -0.39 is 28.4 Å². The maximum Gasteiger partial charge on any atom is 0.301 e. The van der Waals surface area contributed by atoms with Gasteiger partial charge in [-0.25, -0.2) is 0 Å². The summed E-state index contributed by atoms with van der Waals surface area (Å²) in [6.45, 7) is 0. The van der Waals surface area contributed by atoms with Crippen molar-refractivity contribution in [1.82, 2.24) is 15.2 Å². The average Bonchev–Trinajstić information content (AvgIpc) is 3.50. The first-order valence-electron chi connectivity index (χ1n) is 11.1. The first-order chi connectivity index (χ1) is 18.7. The van der Waals surface area contributed by atoms with Gasteiger partial charge in [-0.05, 0) is 35.4 Å². The van der Waals surface area contributed by atoms with Gasteiger partial charge in [-0.15, -0.1) is 10.2 Å². The van der Waals surface area contributed by atoms with E-state index in [0.29, 0.717) is 20.1 Å². The zero-order chi connectivity index (χ0) is 27.7. The van der Waals surface area contributed by atoms with Crippen LogP contribution in [-0.4, -0.2) is 36.9 Å². The second-order valence-electron chi connectivity index (χ2n) is 8.13. The average molecular weight is 600 g/mol. The smallest absolute Gasteiger partial charge is 0.301 e. The Labute approximate surface area is 239 Å². The molecule has 0 radical (unpaired) electrons. The van der Waals surface area contributed by atoms with E-state index in [2.05, 4.69) is 15.2 Å². The normalized spacial score (nSPS) is 16.6. The van der Waals surface area contributed by atoms with Gasteiger partial charge in [0.2, 0.25) is 5.13 Å². The number of hydrogen-bond donors (Lipinski definition) is 1. The first kappa shape index (κ1) is 26.8. The molecule has 196 valence electrons. The van der Waals surface area contributed by atoms with Gasteiger partial charge in [-0.1, -0.05) is 64.5 Å². The quantitative estimate of drug-likeness (QED) is 0.0509. The van der Waals surface area contributed by atoms with Gasteiger partial charge >= 0.3 is 5.91 Å². The number of halogens is 2. The molecule has 1 fully saturated rings. The van der Waals surface area contributed by atoms with Crippen molar-refractivity contribution >= 4 is 74.6 Å². The molecule has 1 saturated heterocycles. The van der Waals surface area contributed by atoms with Crippen molar-refractivity contribution in [2.24, 2.45) is 0 Å². The molecule has 1 atom stereocenters. The number of thioether (sulfide) groups is 1. The van der Waals surface area contributed by atoms with Crippen molar-refractivity contribution in [3.63, 3.8) is 0 Å². The summed E-state index contributed by atoms with van der Waals surface area (Å²) in [4.78, 5) is 42.5. The molecule has 1 aliphatic heterocycles. The third kappa shape index (κ3) is 5.36. The summed E-state index contributed by atoms with van der Waals surface area (Å²) in [5, 5.41) is 31.9. The molecule has 0 aliphatic carbocycles. The largest absolute Gasteiger partial charge is 0.507 e. The molecule has 1 aliphatic rings. The van der Waals surface area contributed by atoms with Gasteiger partial charge in [-0.3, -0.25) is 29.6 Å². The van der Waals surface area contributed by atoms with E-state index in [9.17, 15) is 24.8 Å². The predicted octanol–water partition coefficient (Wildman–Crippen LogP) is 6.07. The maximum atomic E-state index is 13.3. The molecule has 2 aromatic heterocycles. The Kier molecular flexibility index (Phi) is 7.62. The van der Waals surface area contributed by atoms with E-state index in [1.54, 1.807) is 18.2 Å². The monoisotopic (exact) mass is 599 g/mol. The maximum absolute atomic E-state index is 13.3. The second-order valence-corrected chi connectivity index (χ2v) is 11.2. The zero-order valence-corrected chi connectivity index (χ0v) is 22.7. The van der Waals surface area contributed by atoms with Crippen molar-refractivity contribution in [1.29, 1.82) is 0 Å². The lowest BCUT2D eigenvalue weighted by Crippen LogP contribution is -2.29. The van der Waals surface area contributed by atoms with Crippen LogP contribution in [0.4, 0.5) is 10.8 Å². The summed E-state index contributed by atoms with van der Waals surface area (Å²) in [5.41, 5.74) is 0.847. The van der Waals surface area contributed by atoms with Crippen molar-refractivity contribution in [3.05, 3.63) is 109 Å². The van der Waals surface area contributed by atoms with Gasteiger partial charge in [0, 0.05) is 45.9 Å². The zero-order valence-electron chi connectivity index (χ0n) is 19.5. The number of ketones is 1. The van der Waals surface area contributed by atoms with Crippen LogP contribution in [0.25, 0.3) is 5.76 Å². The number of nitrogens with zero attached hydrogens (tertiary/aromatic N) is 5. The summed E-state index contributed by atoms with van der Waals surface area (Å²) >= 11 is 14.6. The Hall–Kier alpha value is -3.84. The van der Waals surface area contributed by atoms with E-state index >= 15 is 0 Å². The van der Waals surface area contributed by atoms with Crippen molar-refractivity contribution < 1.29 is 19.6 Å². The number of Topliss-reactive ketones (excluding diaryl/α,β-unsaturated/α-hetero) is 1. The molecule has 0 bridgehead atoms. The molecule has 10 nitrogen and oxygen atoms in total. The molecular weight excluding hydrogens is 585 g/mol. The number of aliphatic hydroxyl groups is 1. The molecule has 3 heterocycles. The van der Waals surface area contributed by atoms with Crippen LogP contribution in [0.5, 0.6) is 0 Å². The lowest BCUT2D eigenvalue weighted by molar-refractivity contribution is -0.384. The van der Waals surface area contributed by atoms with Gasteiger partial charge in [0.15, 0.2) is 4.34 Å². The van der Waals surface area contributed by atoms with Crippen LogP contribution in [-0.2, 0) is 15.3 Å². The highest BCUT2D eigenvalue weighted by atomic mass is 35.5. The van der Waals surface area contributed by atoms with E-state index in [1.807, 2.05) is 0 Å². The van der Waals surface area contributed by atoms with Gasteiger partial charge in [-0.2, -0.15) is 0 Å². The van der Waals surface area contributed by atoms with Gasteiger partial charge in [0.1, 0.15) is 5.76 Å². The summed E-state index contributed by atoms with van der Waals surface area (Å²) in [6, 6.07) is 12.4. The van der Waals surface area contributed by atoms with Gasteiger partial charge < -0.3 is 5.11 Å². The van der Waals surface area contributed by atoms with E-state index in [4.69, 9.17) is 23.2 Å². The molecule has 0 spiro atoms. The number of pyridine rings is 1. The fourth-order valence-electron chi connectivity index (χ4n) is 3.96. The highest BCUT2D eigenvalue weighted by Crippen LogP contribution is 2.44. The van der Waals surface area contributed by atoms with E-state index in [1.165, 1.54) is 60.6 Å². The minimum Gasteiger partial charge on any atom is -0.507 e. The van der Waals surface area contributed by atoms with Crippen molar-refractivity contribution in [3.8, 4) is 0 Å². The van der Waals surface area contributed by atoms with Crippen LogP contribution < -0.4 is 4.90 Å². The molecule has 1 N–H and O–H groups in total. The number of hydrogen-bond acceptors (Lipinski definition) is 10. The fourth-order valence-corrected chi connectivity index (χ4v) is 6.38. The van der Waals surface area contributed by atoms with Crippen LogP contribution in [0.2, 0.25) is 10.0 Å². The molecular formula is C25H15Cl2N5O5S2. The molecule has 4 aromatic rings. The Balaban J connectivity index is 1.55. The number of nitro groups is 1. The SMILES string of the molecule is O=C1C(=O)N(c2nnc(SCc3ccc(Cl)cc3Cl)s2)C(c2cccc([N+](=O)[O-])c2)C1=C(O)c1ccncc1. The number of aliphatic hydroxyl groups excluding tert-OH is 1. The highest BCUT2D eigenvalue weighted by Gasteiger charge is 2.48. The van der Waals surface area contributed by atoms with Gasteiger partial charge in [0.25, 0.3) is 11.5 Å². The summed E-state index contributed by atoms with van der Waals surface area (Å²) in [6.07, 6.45) is 2.85. The second kappa shape index (κ2) is 11.1. The third-order valence-electron chi connectivity index (χ3n) is 5.76. The van der Waals surface area contributed by atoms with Crippen LogP contribution in [0.3, 0.4) is 0 Å². The van der Waals surface area contributed by atoms with Crippen LogP contribution in [0.1, 0.15) is 22.7 Å². The first-order valence-corrected chi connectivity index (χ1v) is 13.7. The van der Waals surface area contributed by atoms with Crippen LogP contribution >= 0.6 is 46.3 Å². The van der Waals surface area contributed by atoms with Crippen molar-refractivity contribution in [2.45, 2.75) is 16.1 Å². The lowest BCUT2D eigenvalue weighted by atomic mass is 9.95. The topological polar surface area (TPSA) is 139 Å². The highest BCUT2D eigenvalue weighted by molar-refractivity contribution is 8.00. The lowest BCUT2D eigenvalue weighted by Gasteiger charge is -2.22. The third-order valence-corrected chi connectivity index (χ3v) is 8.45. The van der Waals surface area contributed by atoms with Crippen LogP contribution in [0.15, 0.2) is 76.9 Å². The number of benzene rings is 2. The van der Waals surface area contributed by atoms with Gasteiger partial charge in [0.05, 0.1) is 16.5 Å². The minimum atomic E-state index is -1.19. The number of anilines is 1. The molecule has 2 aromatic carbocycles. The summed E-state index contributed by atoms with van der Waals surface area (Å²) in [7, 11) is 0. The Morgan fingerprint density at radius 1 is 1.10 bits per heavy atom. The number of nitro benzene ring substituents is 1. The Morgan fingerprint density at radius 2 is 1.87 bits per heavy atom. The predicted molar refractivity (Wildman–Crippen MR) is 148 cm³/mol. The van der Waals surface area contributed by atoms with E-state index in [-0.39, 0.29) is 27.5 Å². The summed E-state index contributed by atoms with van der Waals surface area (Å²) < 4.78 is 0.491. The number of carbonyl (C=O) groups excluding carboxylic acids is 2. The fraction of sp³-hybridized carbons (Fsp3) is 0.0800. The van der Waals surface area contributed by atoms with E-state index in [0.717, 1.165) is 21.8 Å². The number of aromatic nitrogens is 3. The molecule has 14 heteroatoms. The Bertz CT molecular complexity index is 1650. The van der Waals surface area contributed by atoms with Crippen LogP contribution in [0, 0.1) is 10.1 Å². The minimum absolute atomic E-state index is 0.0899. The molecule has 5 rings (SSSR count). The molecule has 1 amide bonds. The number of carbonyl (C=O) groups is 2. The standard InChI is InChI=1S/C25H15Cl2N5O5S2/c26-16-5-4-15(18(27)11-16)12-38-25-30-29-24(39-25)31-20(14-2-1-3-17(10-14)32(36)37)19(22(34)23(31)35)21(33)13-6-8-28-9-7-13/h1-11,20,33H,12H2. The number of rotatable bonds is 7. The molecule has 1 unspecified atom stereocenters. The molecule has 0 saturated carbocycles. The van der Waals surface area contributed by atoms with Crippen molar-refractivity contribution in [2.75, 3.05) is 4.90 Å². The number of non-ortho nitro benzene ring substituents is 1. The summed E-state index contributed by atoms with van der Waals surface area (Å²) in [5.74, 6) is -1.90.